The van der Waals surface area contributed by atoms with Crippen molar-refractivity contribution < 1.29 is 4.39 Å². The predicted molar refractivity (Wildman–Crippen MR) is 65.5 cm³/mol. The third kappa shape index (κ3) is 1.85. The highest BCUT2D eigenvalue weighted by atomic mass is 35.5. The lowest BCUT2D eigenvalue weighted by molar-refractivity contribution is 0.428. The lowest BCUT2D eigenvalue weighted by Crippen LogP contribution is -2.33. The number of hydrogen-bond donors (Lipinski definition) is 1. The van der Waals surface area contributed by atoms with Gasteiger partial charge in [0.15, 0.2) is 0 Å². The molecule has 1 nitrogen and oxygen atoms in total. The Labute approximate surface area is 101 Å². The van der Waals surface area contributed by atoms with Crippen LogP contribution in [0.4, 0.5) is 4.39 Å². The van der Waals surface area contributed by atoms with Crippen LogP contribution >= 0.6 is 11.6 Å². The van der Waals surface area contributed by atoms with Gasteiger partial charge >= 0.3 is 0 Å². The normalized spacial score (nSPS) is 18.9. The van der Waals surface area contributed by atoms with Crippen molar-refractivity contribution in [1.29, 1.82) is 0 Å². The van der Waals surface area contributed by atoms with E-state index < -0.39 is 6.67 Å². The van der Waals surface area contributed by atoms with E-state index in [0.717, 1.165) is 18.4 Å². The van der Waals surface area contributed by atoms with Gasteiger partial charge in [-0.2, -0.15) is 0 Å². The SMILES string of the molecule is NCC1(c2cccc(Cl)c2CF)CCCC1. The van der Waals surface area contributed by atoms with E-state index in [-0.39, 0.29) is 5.41 Å². The number of benzene rings is 1. The predicted octanol–water partition coefficient (Wildman–Crippen LogP) is 3.58. The van der Waals surface area contributed by atoms with Crippen LogP contribution in [0.1, 0.15) is 36.8 Å². The van der Waals surface area contributed by atoms with Gasteiger partial charge in [0.05, 0.1) is 0 Å². The zero-order chi connectivity index (χ0) is 11.6. The highest BCUT2D eigenvalue weighted by molar-refractivity contribution is 6.31. The first-order valence-electron chi connectivity index (χ1n) is 5.77. The minimum atomic E-state index is -0.503. The number of nitrogens with two attached hydrogens (primary N) is 1. The Morgan fingerprint density at radius 3 is 2.56 bits per heavy atom. The van der Waals surface area contributed by atoms with Crippen LogP contribution in [0.25, 0.3) is 0 Å². The van der Waals surface area contributed by atoms with E-state index in [1.807, 2.05) is 12.1 Å². The fourth-order valence-electron chi connectivity index (χ4n) is 2.83. The lowest BCUT2D eigenvalue weighted by Gasteiger charge is -2.30. The Hall–Kier alpha value is -0.600. The van der Waals surface area contributed by atoms with E-state index in [1.54, 1.807) is 6.07 Å². The molecule has 3 heteroatoms. The fraction of sp³-hybridized carbons (Fsp3) is 0.538. The molecule has 1 aromatic carbocycles. The summed E-state index contributed by atoms with van der Waals surface area (Å²) in [5.74, 6) is 0. The van der Waals surface area contributed by atoms with Crippen molar-refractivity contribution in [1.82, 2.24) is 0 Å². The lowest BCUT2D eigenvalue weighted by atomic mass is 9.77. The second-order valence-corrected chi connectivity index (χ2v) is 5.00. The fourth-order valence-corrected chi connectivity index (χ4v) is 3.05. The van der Waals surface area contributed by atoms with E-state index in [9.17, 15) is 4.39 Å². The first-order chi connectivity index (χ1) is 7.73. The molecule has 88 valence electrons. The second-order valence-electron chi connectivity index (χ2n) is 4.59. The summed E-state index contributed by atoms with van der Waals surface area (Å²) in [5.41, 5.74) is 7.54. The molecule has 2 rings (SSSR count). The minimum Gasteiger partial charge on any atom is -0.330 e. The smallest absolute Gasteiger partial charge is 0.116 e. The summed E-state index contributed by atoms with van der Waals surface area (Å²) in [6, 6.07) is 5.63. The highest BCUT2D eigenvalue weighted by Gasteiger charge is 2.36. The van der Waals surface area contributed by atoms with Crippen LogP contribution in [0.3, 0.4) is 0 Å². The van der Waals surface area contributed by atoms with E-state index in [1.165, 1.54) is 12.8 Å². The van der Waals surface area contributed by atoms with Crippen LogP contribution in [-0.2, 0) is 12.1 Å². The summed E-state index contributed by atoms with van der Waals surface area (Å²) >= 11 is 6.05. The molecule has 1 fully saturated rings. The third-order valence-corrected chi connectivity index (χ3v) is 4.13. The van der Waals surface area contributed by atoms with Crippen LogP contribution in [-0.4, -0.2) is 6.54 Å². The van der Waals surface area contributed by atoms with Crippen LogP contribution < -0.4 is 5.73 Å². The summed E-state index contributed by atoms with van der Waals surface area (Å²) in [6.07, 6.45) is 4.46. The average molecular weight is 242 g/mol. The molecule has 1 saturated carbocycles. The quantitative estimate of drug-likeness (QED) is 0.860. The van der Waals surface area contributed by atoms with Gasteiger partial charge in [-0.3, -0.25) is 0 Å². The van der Waals surface area contributed by atoms with Gasteiger partial charge in [0.1, 0.15) is 6.67 Å². The van der Waals surface area contributed by atoms with Crippen molar-refractivity contribution in [3.63, 3.8) is 0 Å². The molecule has 0 amide bonds. The minimum absolute atomic E-state index is 0.0354. The van der Waals surface area contributed by atoms with Crippen molar-refractivity contribution in [3.8, 4) is 0 Å². The molecular weight excluding hydrogens is 225 g/mol. The molecule has 2 N–H and O–H groups in total. The molecule has 0 radical (unpaired) electrons. The van der Waals surface area contributed by atoms with E-state index in [0.29, 0.717) is 17.1 Å². The van der Waals surface area contributed by atoms with Crippen molar-refractivity contribution in [2.45, 2.75) is 37.8 Å². The zero-order valence-corrected chi connectivity index (χ0v) is 10.1. The van der Waals surface area contributed by atoms with Crippen molar-refractivity contribution >= 4 is 11.6 Å². The number of hydrogen-bond acceptors (Lipinski definition) is 1. The van der Waals surface area contributed by atoms with Gasteiger partial charge in [-0.05, 0) is 24.5 Å². The first kappa shape index (κ1) is 11.9. The Balaban J connectivity index is 2.49. The molecule has 0 aromatic heterocycles. The Morgan fingerprint density at radius 1 is 1.31 bits per heavy atom. The molecule has 0 spiro atoms. The van der Waals surface area contributed by atoms with Gasteiger partial charge in [0.25, 0.3) is 0 Å². The molecule has 0 bridgehead atoms. The topological polar surface area (TPSA) is 26.0 Å². The maximum atomic E-state index is 13.1. The number of alkyl halides is 1. The van der Waals surface area contributed by atoms with Crippen LogP contribution in [0.15, 0.2) is 18.2 Å². The molecular formula is C13H17ClFN. The van der Waals surface area contributed by atoms with E-state index in [2.05, 4.69) is 0 Å². The molecule has 1 aliphatic carbocycles. The summed E-state index contributed by atoms with van der Waals surface area (Å²) < 4.78 is 13.1. The van der Waals surface area contributed by atoms with E-state index >= 15 is 0 Å². The standard InChI is InChI=1S/C13H17ClFN/c14-12-5-3-4-11(10(12)8-15)13(9-16)6-1-2-7-13/h3-5H,1-2,6-9,16H2. The van der Waals surface area contributed by atoms with Crippen LogP contribution in [0.5, 0.6) is 0 Å². The monoisotopic (exact) mass is 241 g/mol. The highest BCUT2D eigenvalue weighted by Crippen LogP contribution is 2.43. The molecule has 0 unspecified atom stereocenters. The maximum absolute atomic E-state index is 13.1. The molecule has 1 aliphatic rings. The van der Waals surface area contributed by atoms with Gasteiger partial charge in [-0.25, -0.2) is 4.39 Å². The molecule has 0 atom stereocenters. The first-order valence-corrected chi connectivity index (χ1v) is 6.15. The maximum Gasteiger partial charge on any atom is 0.116 e. The summed E-state index contributed by atoms with van der Waals surface area (Å²) in [5, 5.41) is 0.528. The van der Waals surface area contributed by atoms with Gasteiger partial charge in [-0.15, -0.1) is 0 Å². The molecule has 0 aliphatic heterocycles. The van der Waals surface area contributed by atoms with Crippen molar-refractivity contribution in [2.75, 3.05) is 6.54 Å². The van der Waals surface area contributed by atoms with Crippen LogP contribution in [0.2, 0.25) is 5.02 Å². The number of rotatable bonds is 3. The van der Waals surface area contributed by atoms with Gasteiger partial charge in [-0.1, -0.05) is 36.6 Å². The molecule has 0 heterocycles. The Bertz CT molecular complexity index is 372. The van der Waals surface area contributed by atoms with Gasteiger partial charge < -0.3 is 5.73 Å². The summed E-state index contributed by atoms with van der Waals surface area (Å²) in [7, 11) is 0. The number of halogens is 2. The summed E-state index contributed by atoms with van der Waals surface area (Å²) in [4.78, 5) is 0. The molecule has 1 aromatic rings. The van der Waals surface area contributed by atoms with Gasteiger partial charge in [0.2, 0.25) is 0 Å². The largest absolute Gasteiger partial charge is 0.330 e. The molecule has 0 saturated heterocycles. The van der Waals surface area contributed by atoms with Gasteiger partial charge in [0, 0.05) is 22.5 Å². The van der Waals surface area contributed by atoms with Crippen molar-refractivity contribution in [2.24, 2.45) is 5.73 Å². The van der Waals surface area contributed by atoms with Crippen LogP contribution in [0, 0.1) is 0 Å². The Morgan fingerprint density at radius 2 is 2.00 bits per heavy atom. The summed E-state index contributed by atoms with van der Waals surface area (Å²) in [6.45, 7) is 0.0805. The molecule has 16 heavy (non-hydrogen) atoms. The zero-order valence-electron chi connectivity index (χ0n) is 9.31. The third-order valence-electron chi connectivity index (χ3n) is 3.78. The van der Waals surface area contributed by atoms with Crippen molar-refractivity contribution in [3.05, 3.63) is 34.3 Å². The second kappa shape index (κ2) is 4.72. The van der Waals surface area contributed by atoms with E-state index in [4.69, 9.17) is 17.3 Å². The Kier molecular flexibility index (Phi) is 3.50. The average Bonchev–Trinajstić information content (AvgIpc) is 2.78.